The Morgan fingerprint density at radius 3 is 2.90 bits per heavy atom. The molecule has 40 heavy (non-hydrogen) atoms. The number of nitrogens with two attached hydrogens (primary N) is 1. The molecule has 0 aliphatic carbocycles. The van der Waals surface area contributed by atoms with E-state index in [0.29, 0.717) is 22.9 Å². The summed E-state index contributed by atoms with van der Waals surface area (Å²) in [6.45, 7) is -0.685. The van der Waals surface area contributed by atoms with Crippen molar-refractivity contribution in [2.45, 2.75) is 37.0 Å². The Hall–Kier alpha value is -3.44. The topological polar surface area (TPSA) is 237 Å². The van der Waals surface area contributed by atoms with E-state index in [-0.39, 0.29) is 28.5 Å². The van der Waals surface area contributed by atoms with Gasteiger partial charge in [0.05, 0.1) is 24.3 Å². The van der Waals surface area contributed by atoms with Crippen LogP contribution in [0.15, 0.2) is 40.8 Å². The predicted molar refractivity (Wildman–Crippen MR) is 140 cm³/mol. The Morgan fingerprint density at radius 2 is 2.08 bits per heavy atom. The van der Waals surface area contributed by atoms with Gasteiger partial charge in [0, 0.05) is 12.2 Å². The first-order valence-corrected chi connectivity index (χ1v) is 14.3. The SMILES string of the molecule is Nc1ncnc2c1ncn2[C@@H]1OC(COP(=O)(O)OC(=O)C2CSC(C3=Nc4ccc(O)cc4C3)=N2)[C@@H](O)[C@H]1O. The van der Waals surface area contributed by atoms with Gasteiger partial charge in [-0.05, 0) is 23.8 Å². The lowest BCUT2D eigenvalue weighted by molar-refractivity contribution is -0.137. The van der Waals surface area contributed by atoms with Crippen molar-refractivity contribution >= 4 is 59.0 Å². The van der Waals surface area contributed by atoms with Crippen LogP contribution in [0.5, 0.6) is 5.75 Å². The van der Waals surface area contributed by atoms with Crippen LogP contribution in [0, 0.1) is 0 Å². The number of benzene rings is 1. The summed E-state index contributed by atoms with van der Waals surface area (Å²) in [5.74, 6) is -0.680. The van der Waals surface area contributed by atoms with Crippen molar-refractivity contribution in [1.82, 2.24) is 19.5 Å². The number of aromatic hydroxyl groups is 1. The molecule has 5 heterocycles. The van der Waals surface area contributed by atoms with E-state index in [4.69, 9.17) is 19.5 Å². The largest absolute Gasteiger partial charge is 0.529 e. The quantitative estimate of drug-likeness (QED) is 0.231. The number of rotatable bonds is 7. The van der Waals surface area contributed by atoms with Crippen molar-refractivity contribution < 1.29 is 43.4 Å². The maximum absolute atomic E-state index is 12.6. The third-order valence-corrected chi connectivity index (χ3v) is 8.43. The first-order chi connectivity index (χ1) is 19.1. The summed E-state index contributed by atoms with van der Waals surface area (Å²) < 4.78 is 29.1. The molecular weight excluding hydrogens is 569 g/mol. The average molecular weight is 591 g/mol. The molecule has 3 aliphatic heterocycles. The summed E-state index contributed by atoms with van der Waals surface area (Å²) in [6.07, 6.45) is -2.50. The molecule has 0 spiro atoms. The molecule has 6 N–H and O–H groups in total. The summed E-state index contributed by atoms with van der Waals surface area (Å²) in [4.78, 5) is 43.5. The maximum atomic E-state index is 12.6. The summed E-state index contributed by atoms with van der Waals surface area (Å²) >= 11 is 1.25. The van der Waals surface area contributed by atoms with E-state index in [9.17, 15) is 29.6 Å². The van der Waals surface area contributed by atoms with Gasteiger partial charge in [-0.1, -0.05) is 0 Å². The number of aliphatic imine (C=N–C) groups is 2. The number of phenolic OH excluding ortho intramolecular Hbond substituents is 1. The molecule has 6 rings (SSSR count). The minimum atomic E-state index is -4.94. The Morgan fingerprint density at radius 1 is 1.25 bits per heavy atom. The molecule has 0 bridgehead atoms. The molecule has 0 saturated carbocycles. The van der Waals surface area contributed by atoms with E-state index in [1.807, 2.05) is 0 Å². The third kappa shape index (κ3) is 4.96. The lowest BCUT2D eigenvalue weighted by Gasteiger charge is -2.18. The van der Waals surface area contributed by atoms with E-state index in [2.05, 4.69) is 24.9 Å². The molecule has 0 amide bonds. The number of phosphoric acid groups is 1. The Labute approximate surface area is 229 Å². The monoisotopic (exact) mass is 591 g/mol. The van der Waals surface area contributed by atoms with Gasteiger partial charge in [0.1, 0.15) is 40.9 Å². The Bertz CT molecular complexity index is 1610. The molecule has 2 aromatic heterocycles. The van der Waals surface area contributed by atoms with Crippen LogP contribution in [0.4, 0.5) is 11.5 Å². The minimum absolute atomic E-state index is 0.110. The number of aliphatic hydroxyl groups is 2. The molecule has 1 saturated heterocycles. The van der Waals surface area contributed by atoms with E-state index < -0.39 is 51.0 Å². The molecular formula is C22H22N7O9PS. The number of anilines is 1. The second-order valence-corrected chi connectivity index (χ2v) is 11.5. The molecule has 6 atom stereocenters. The van der Waals surface area contributed by atoms with E-state index in [1.54, 1.807) is 12.1 Å². The van der Waals surface area contributed by atoms with Crippen LogP contribution in [0.25, 0.3) is 11.2 Å². The highest BCUT2D eigenvalue weighted by Crippen LogP contribution is 2.45. The fourth-order valence-electron chi connectivity index (χ4n) is 4.49. The van der Waals surface area contributed by atoms with E-state index in [0.717, 1.165) is 5.56 Å². The number of aliphatic hydroxyl groups excluding tert-OH is 2. The van der Waals surface area contributed by atoms with Crippen molar-refractivity contribution in [2.24, 2.45) is 9.98 Å². The molecule has 0 radical (unpaired) electrons. The zero-order chi connectivity index (χ0) is 28.2. The second-order valence-electron chi connectivity index (χ2n) is 9.11. The third-order valence-electron chi connectivity index (χ3n) is 6.45. The number of nitrogens with zero attached hydrogens (tertiary/aromatic N) is 6. The Kier molecular flexibility index (Phi) is 6.82. The molecule has 3 aliphatic rings. The zero-order valence-corrected chi connectivity index (χ0v) is 22.1. The lowest BCUT2D eigenvalue weighted by Crippen LogP contribution is -2.33. The number of phenols is 1. The standard InChI is InChI=1S/C22H22N7O9PS/c23-18-15-19(25-7-24-18)29(8-26-15)21-17(32)16(31)14(37-21)5-36-39(34,35)38-22(33)13-6-40-20(28-13)12-4-9-3-10(30)1-2-11(9)27-12/h1-3,7-8,13-14,16-17,21,30-32H,4-6H2,(H,34,35)(H2,23,24,25)/t13?,14?,16-,17-,21-/m1/s1. The number of carbonyl (C=O) groups excluding carboxylic acids is 1. The second kappa shape index (κ2) is 10.2. The zero-order valence-electron chi connectivity index (χ0n) is 20.3. The van der Waals surface area contributed by atoms with Gasteiger partial charge >= 0.3 is 13.8 Å². The van der Waals surface area contributed by atoms with Crippen LogP contribution >= 0.6 is 19.6 Å². The van der Waals surface area contributed by atoms with Crippen LogP contribution in [0.2, 0.25) is 0 Å². The first-order valence-electron chi connectivity index (χ1n) is 11.9. The fourth-order valence-corrected chi connectivity index (χ4v) is 6.23. The normalized spacial score (nSPS) is 27.3. The lowest BCUT2D eigenvalue weighted by atomic mass is 10.1. The fraction of sp³-hybridized carbons (Fsp3) is 0.364. The van der Waals surface area contributed by atoms with Crippen LogP contribution in [-0.2, 0) is 29.6 Å². The van der Waals surface area contributed by atoms with Crippen LogP contribution in [-0.4, -0.2) is 93.2 Å². The molecule has 3 aromatic rings. The summed E-state index contributed by atoms with van der Waals surface area (Å²) in [7, 11) is -4.94. The highest BCUT2D eigenvalue weighted by atomic mass is 32.2. The van der Waals surface area contributed by atoms with Gasteiger partial charge in [-0.2, -0.15) is 0 Å². The minimum Gasteiger partial charge on any atom is -0.508 e. The van der Waals surface area contributed by atoms with Crippen LogP contribution in [0.3, 0.4) is 0 Å². The van der Waals surface area contributed by atoms with E-state index >= 15 is 0 Å². The van der Waals surface area contributed by atoms with Gasteiger partial charge in [0.25, 0.3) is 0 Å². The van der Waals surface area contributed by atoms with Gasteiger partial charge in [-0.15, -0.1) is 11.8 Å². The number of fused-ring (bicyclic) bond motifs is 2. The van der Waals surface area contributed by atoms with E-state index in [1.165, 1.54) is 35.0 Å². The van der Waals surface area contributed by atoms with Gasteiger partial charge in [-0.25, -0.2) is 29.3 Å². The number of phosphoric ester groups is 1. The number of imidazole rings is 1. The summed E-state index contributed by atoms with van der Waals surface area (Å²) in [6, 6.07) is 3.74. The van der Waals surface area contributed by atoms with Crippen molar-refractivity contribution in [3.63, 3.8) is 0 Å². The van der Waals surface area contributed by atoms with Crippen molar-refractivity contribution in [2.75, 3.05) is 18.1 Å². The van der Waals surface area contributed by atoms with Gasteiger partial charge < -0.3 is 30.3 Å². The predicted octanol–water partition coefficient (Wildman–Crippen LogP) is 0.236. The molecule has 16 nitrogen and oxygen atoms in total. The van der Waals surface area contributed by atoms with Crippen molar-refractivity contribution in [1.29, 1.82) is 0 Å². The number of carbonyl (C=O) groups is 1. The molecule has 1 aromatic carbocycles. The van der Waals surface area contributed by atoms with Gasteiger partial charge in [-0.3, -0.25) is 19.0 Å². The number of ether oxygens (including phenoxy) is 1. The van der Waals surface area contributed by atoms with Crippen LogP contribution < -0.4 is 5.73 Å². The average Bonchev–Trinajstić information content (AvgIpc) is 3.69. The summed E-state index contributed by atoms with van der Waals surface area (Å²) in [5, 5.41) is 31.1. The molecule has 210 valence electrons. The highest BCUT2D eigenvalue weighted by Gasteiger charge is 2.46. The molecule has 3 unspecified atom stereocenters. The van der Waals surface area contributed by atoms with Crippen molar-refractivity contribution in [3.05, 3.63) is 36.4 Å². The number of aromatic nitrogens is 4. The maximum Gasteiger partial charge on any atom is 0.529 e. The molecule has 1 fully saturated rings. The number of hydrogen-bond acceptors (Lipinski definition) is 15. The van der Waals surface area contributed by atoms with Gasteiger partial charge in [0.15, 0.2) is 23.7 Å². The summed E-state index contributed by atoms with van der Waals surface area (Å²) in [5.41, 5.74) is 8.41. The smallest absolute Gasteiger partial charge is 0.508 e. The first kappa shape index (κ1) is 26.8. The number of nitrogen functional groups attached to an aromatic ring is 1. The number of hydrogen-bond donors (Lipinski definition) is 5. The number of thioether (sulfide) groups is 1. The van der Waals surface area contributed by atoms with Crippen molar-refractivity contribution in [3.8, 4) is 5.75 Å². The Balaban J connectivity index is 1.06. The van der Waals surface area contributed by atoms with Gasteiger partial charge in [0.2, 0.25) is 0 Å². The van der Waals surface area contributed by atoms with Crippen LogP contribution in [0.1, 0.15) is 11.8 Å². The highest BCUT2D eigenvalue weighted by molar-refractivity contribution is 8.16. The molecule has 18 heteroatoms.